The van der Waals surface area contributed by atoms with Crippen molar-refractivity contribution in [2.45, 2.75) is 6.92 Å². The Labute approximate surface area is 137 Å². The molecule has 0 unspecified atom stereocenters. The first kappa shape index (κ1) is 15.2. The molecule has 23 heavy (non-hydrogen) atoms. The number of aliphatic hydroxyl groups is 1. The van der Waals surface area contributed by atoms with Crippen LogP contribution in [0.25, 0.3) is 5.57 Å². The summed E-state index contributed by atoms with van der Waals surface area (Å²) >= 11 is 1.40. The number of rotatable bonds is 3. The lowest BCUT2D eigenvalue weighted by Crippen LogP contribution is -2.26. The SMILES string of the molecule is COC(=O)c1ccc(N2CC(O)=C(c3nc(C)cs3)C2=N)cc1. The molecule has 1 aromatic carbocycles. The van der Waals surface area contributed by atoms with E-state index in [2.05, 4.69) is 9.72 Å². The van der Waals surface area contributed by atoms with E-state index >= 15 is 0 Å². The van der Waals surface area contributed by atoms with Crippen molar-refractivity contribution in [2.24, 2.45) is 0 Å². The summed E-state index contributed by atoms with van der Waals surface area (Å²) in [6.07, 6.45) is 0. The molecule has 0 saturated heterocycles. The van der Waals surface area contributed by atoms with E-state index < -0.39 is 5.97 Å². The van der Waals surface area contributed by atoms with E-state index in [1.54, 1.807) is 29.2 Å². The molecule has 0 amide bonds. The number of carbonyl (C=O) groups is 1. The smallest absolute Gasteiger partial charge is 0.337 e. The predicted molar refractivity (Wildman–Crippen MR) is 89.3 cm³/mol. The van der Waals surface area contributed by atoms with Gasteiger partial charge in [0, 0.05) is 16.8 Å². The number of nitrogens with one attached hydrogen (secondary N) is 1. The van der Waals surface area contributed by atoms with Gasteiger partial charge in [-0.05, 0) is 31.2 Å². The van der Waals surface area contributed by atoms with Gasteiger partial charge in [-0.15, -0.1) is 11.3 Å². The van der Waals surface area contributed by atoms with E-state index in [0.29, 0.717) is 16.1 Å². The molecular weight excluding hydrogens is 314 g/mol. The number of aliphatic hydroxyl groups excluding tert-OH is 1. The average Bonchev–Trinajstić information content (AvgIpc) is 3.09. The second kappa shape index (κ2) is 5.85. The quantitative estimate of drug-likeness (QED) is 0.845. The van der Waals surface area contributed by atoms with Crippen LogP contribution < -0.4 is 4.90 Å². The number of hydrogen-bond donors (Lipinski definition) is 2. The maximum absolute atomic E-state index is 11.5. The summed E-state index contributed by atoms with van der Waals surface area (Å²) in [6.45, 7) is 2.09. The molecule has 2 aromatic rings. The van der Waals surface area contributed by atoms with E-state index in [1.807, 2.05) is 12.3 Å². The van der Waals surface area contributed by atoms with Crippen LogP contribution in [0.3, 0.4) is 0 Å². The number of anilines is 1. The number of benzene rings is 1. The third kappa shape index (κ3) is 2.70. The number of aromatic nitrogens is 1. The van der Waals surface area contributed by atoms with Crippen LogP contribution in [0.5, 0.6) is 0 Å². The molecule has 1 aliphatic heterocycles. The fraction of sp³-hybridized carbons (Fsp3) is 0.188. The van der Waals surface area contributed by atoms with Gasteiger partial charge in [0.1, 0.15) is 16.6 Å². The summed E-state index contributed by atoms with van der Waals surface area (Å²) in [6, 6.07) is 6.72. The molecule has 3 rings (SSSR count). The molecule has 1 aliphatic rings. The normalized spacial score (nSPS) is 14.5. The third-order valence-corrected chi connectivity index (χ3v) is 4.51. The molecule has 0 fully saturated rings. The molecule has 6 nitrogen and oxygen atoms in total. The van der Waals surface area contributed by atoms with Crippen LogP contribution >= 0.6 is 11.3 Å². The fourth-order valence-electron chi connectivity index (χ4n) is 2.39. The molecule has 0 saturated carbocycles. The van der Waals surface area contributed by atoms with E-state index in [4.69, 9.17) is 5.41 Å². The Balaban J connectivity index is 1.87. The van der Waals surface area contributed by atoms with Crippen molar-refractivity contribution in [1.29, 1.82) is 5.41 Å². The lowest BCUT2D eigenvalue weighted by molar-refractivity contribution is 0.0601. The first-order valence-electron chi connectivity index (χ1n) is 6.90. The highest BCUT2D eigenvalue weighted by Crippen LogP contribution is 2.32. The molecule has 0 atom stereocenters. The number of hydrogen-bond acceptors (Lipinski definition) is 6. The first-order chi connectivity index (χ1) is 11.0. The highest BCUT2D eigenvalue weighted by Gasteiger charge is 2.31. The molecule has 0 aliphatic carbocycles. The minimum atomic E-state index is -0.409. The third-order valence-electron chi connectivity index (χ3n) is 3.54. The van der Waals surface area contributed by atoms with E-state index in [-0.39, 0.29) is 18.1 Å². The van der Waals surface area contributed by atoms with Crippen LogP contribution in [0.2, 0.25) is 0 Å². The van der Waals surface area contributed by atoms with Gasteiger partial charge in [0.15, 0.2) is 0 Å². The van der Waals surface area contributed by atoms with Gasteiger partial charge in [-0.3, -0.25) is 5.41 Å². The fourth-order valence-corrected chi connectivity index (χ4v) is 3.25. The largest absolute Gasteiger partial charge is 0.510 e. The number of carbonyl (C=O) groups excluding carboxylic acids is 1. The zero-order valence-corrected chi connectivity index (χ0v) is 13.5. The molecule has 2 heterocycles. The molecule has 0 spiro atoms. The average molecular weight is 329 g/mol. The summed E-state index contributed by atoms with van der Waals surface area (Å²) in [4.78, 5) is 17.5. The topological polar surface area (TPSA) is 86.5 Å². The van der Waals surface area contributed by atoms with Crippen molar-refractivity contribution in [3.8, 4) is 0 Å². The van der Waals surface area contributed by atoms with Gasteiger partial charge in [-0.25, -0.2) is 9.78 Å². The van der Waals surface area contributed by atoms with Gasteiger partial charge >= 0.3 is 5.97 Å². The molecule has 7 heteroatoms. The van der Waals surface area contributed by atoms with Crippen LogP contribution in [-0.2, 0) is 4.74 Å². The van der Waals surface area contributed by atoms with Crippen molar-refractivity contribution >= 4 is 34.4 Å². The van der Waals surface area contributed by atoms with Gasteiger partial charge in [0.05, 0.1) is 24.8 Å². The summed E-state index contributed by atoms with van der Waals surface area (Å²) in [5, 5.41) is 21.1. The van der Waals surface area contributed by atoms with Crippen molar-refractivity contribution in [3.63, 3.8) is 0 Å². The lowest BCUT2D eigenvalue weighted by Gasteiger charge is -2.18. The molecule has 2 N–H and O–H groups in total. The lowest BCUT2D eigenvalue weighted by atomic mass is 10.2. The summed E-state index contributed by atoms with van der Waals surface area (Å²) < 4.78 is 4.67. The standard InChI is InChI=1S/C16H15N3O3S/c1-9-8-23-15(18-9)13-12(20)7-19(14(13)17)11-5-3-10(4-6-11)16(21)22-2/h3-6,8,17,20H,7H2,1-2H3. The number of ether oxygens (including phenoxy) is 1. The zero-order chi connectivity index (χ0) is 16.6. The Morgan fingerprint density at radius 1 is 1.39 bits per heavy atom. The Hall–Kier alpha value is -2.67. The van der Waals surface area contributed by atoms with Crippen LogP contribution in [0.15, 0.2) is 35.4 Å². The van der Waals surface area contributed by atoms with Gasteiger partial charge in [0.2, 0.25) is 0 Å². The number of methoxy groups -OCH3 is 1. The number of aryl methyl sites for hydroxylation is 1. The predicted octanol–water partition coefficient (Wildman–Crippen LogP) is 3.00. The Bertz CT molecular complexity index is 808. The molecule has 118 valence electrons. The highest BCUT2D eigenvalue weighted by atomic mass is 32.1. The molecule has 1 aromatic heterocycles. The zero-order valence-electron chi connectivity index (χ0n) is 12.7. The van der Waals surface area contributed by atoms with Gasteiger partial charge in [-0.2, -0.15) is 0 Å². The van der Waals surface area contributed by atoms with Gasteiger partial charge < -0.3 is 14.7 Å². The summed E-state index contributed by atoms with van der Waals surface area (Å²) in [7, 11) is 1.33. The Kier molecular flexibility index (Phi) is 3.87. The van der Waals surface area contributed by atoms with Crippen molar-refractivity contribution in [3.05, 3.63) is 51.7 Å². The van der Waals surface area contributed by atoms with E-state index in [0.717, 1.165) is 11.4 Å². The Morgan fingerprint density at radius 3 is 2.65 bits per heavy atom. The molecule has 0 bridgehead atoms. The Morgan fingerprint density at radius 2 is 2.09 bits per heavy atom. The second-order valence-corrected chi connectivity index (χ2v) is 5.95. The monoisotopic (exact) mass is 329 g/mol. The maximum Gasteiger partial charge on any atom is 0.337 e. The van der Waals surface area contributed by atoms with Crippen molar-refractivity contribution in [2.75, 3.05) is 18.6 Å². The van der Waals surface area contributed by atoms with Gasteiger partial charge in [-0.1, -0.05) is 0 Å². The minimum absolute atomic E-state index is 0.126. The molecular formula is C16H15N3O3S. The van der Waals surface area contributed by atoms with Crippen molar-refractivity contribution in [1.82, 2.24) is 4.98 Å². The van der Waals surface area contributed by atoms with Crippen LogP contribution in [0.4, 0.5) is 5.69 Å². The number of thiazole rings is 1. The van der Waals surface area contributed by atoms with E-state index in [1.165, 1.54) is 18.4 Å². The number of esters is 1. The van der Waals surface area contributed by atoms with Gasteiger partial charge in [0.25, 0.3) is 0 Å². The van der Waals surface area contributed by atoms with Crippen LogP contribution in [0, 0.1) is 12.3 Å². The molecule has 0 radical (unpaired) electrons. The van der Waals surface area contributed by atoms with Crippen LogP contribution in [0.1, 0.15) is 21.1 Å². The second-order valence-electron chi connectivity index (χ2n) is 5.09. The van der Waals surface area contributed by atoms with Crippen molar-refractivity contribution < 1.29 is 14.6 Å². The number of amidine groups is 1. The highest BCUT2D eigenvalue weighted by molar-refractivity contribution is 7.11. The summed E-state index contributed by atoms with van der Waals surface area (Å²) in [5.74, 6) is -0.0861. The number of nitrogens with zero attached hydrogens (tertiary/aromatic N) is 2. The minimum Gasteiger partial charge on any atom is -0.510 e. The van der Waals surface area contributed by atoms with Crippen LogP contribution in [-0.4, -0.2) is 35.5 Å². The summed E-state index contributed by atoms with van der Waals surface area (Å²) in [5.41, 5.74) is 2.48. The first-order valence-corrected chi connectivity index (χ1v) is 7.78. The van der Waals surface area contributed by atoms with E-state index in [9.17, 15) is 9.90 Å². The maximum atomic E-state index is 11.5.